The van der Waals surface area contributed by atoms with Crippen LogP contribution < -0.4 is 5.32 Å². The summed E-state index contributed by atoms with van der Waals surface area (Å²) in [6.45, 7) is 0.271. The first kappa shape index (κ1) is 15.2. The first-order chi connectivity index (χ1) is 9.24. The lowest BCUT2D eigenvalue weighted by Crippen LogP contribution is -2.51. The van der Waals surface area contributed by atoms with Crippen LogP contribution in [0.3, 0.4) is 0 Å². The van der Waals surface area contributed by atoms with Crippen molar-refractivity contribution in [1.29, 1.82) is 0 Å². The lowest BCUT2D eigenvalue weighted by molar-refractivity contribution is -0.110. The van der Waals surface area contributed by atoms with Crippen LogP contribution >= 0.6 is 0 Å². The molecule has 2 fully saturated rings. The van der Waals surface area contributed by atoms with Crippen LogP contribution in [0.1, 0.15) is 51.4 Å². The summed E-state index contributed by atoms with van der Waals surface area (Å²) in [4.78, 5) is 0. The summed E-state index contributed by atoms with van der Waals surface area (Å²) >= 11 is 0. The molecule has 0 aromatic rings. The lowest BCUT2D eigenvalue weighted by Gasteiger charge is -2.43. The van der Waals surface area contributed by atoms with E-state index in [4.69, 9.17) is 9.47 Å². The largest absolute Gasteiger partial charge is 0.395 e. The van der Waals surface area contributed by atoms with Crippen molar-refractivity contribution in [3.05, 3.63) is 0 Å². The zero-order chi connectivity index (χ0) is 13.7. The van der Waals surface area contributed by atoms with Gasteiger partial charge < -0.3 is 19.9 Å². The second-order valence-electron chi connectivity index (χ2n) is 6.14. The van der Waals surface area contributed by atoms with Crippen LogP contribution in [0.15, 0.2) is 0 Å². The molecule has 0 bridgehead atoms. The molecule has 1 aliphatic heterocycles. The van der Waals surface area contributed by atoms with E-state index in [1.54, 1.807) is 14.2 Å². The summed E-state index contributed by atoms with van der Waals surface area (Å²) in [5.41, 5.74) is 0.275. The maximum absolute atomic E-state index is 9.36. The zero-order valence-corrected chi connectivity index (χ0v) is 12.4. The Morgan fingerprint density at radius 1 is 1.21 bits per heavy atom. The molecule has 0 aromatic heterocycles. The van der Waals surface area contributed by atoms with Crippen LogP contribution in [0.2, 0.25) is 0 Å². The van der Waals surface area contributed by atoms with Crippen molar-refractivity contribution in [2.45, 2.75) is 69.2 Å². The van der Waals surface area contributed by atoms with Crippen molar-refractivity contribution in [2.75, 3.05) is 20.8 Å². The molecule has 1 heterocycles. The fourth-order valence-corrected chi connectivity index (χ4v) is 4.04. The van der Waals surface area contributed by atoms with Gasteiger partial charge in [-0.15, -0.1) is 0 Å². The summed E-state index contributed by atoms with van der Waals surface area (Å²) in [5.74, 6) is 0.700. The Morgan fingerprint density at radius 3 is 2.63 bits per heavy atom. The molecular formula is C15H29NO3. The summed E-state index contributed by atoms with van der Waals surface area (Å²) < 4.78 is 10.6. The van der Waals surface area contributed by atoms with Crippen molar-refractivity contribution >= 4 is 0 Å². The van der Waals surface area contributed by atoms with E-state index in [9.17, 15) is 5.11 Å². The molecule has 2 rings (SSSR count). The Morgan fingerprint density at radius 2 is 2.00 bits per heavy atom. The Balaban J connectivity index is 1.93. The van der Waals surface area contributed by atoms with Crippen molar-refractivity contribution < 1.29 is 14.6 Å². The number of methoxy groups -OCH3 is 2. The van der Waals surface area contributed by atoms with E-state index in [1.165, 1.54) is 32.1 Å². The van der Waals surface area contributed by atoms with E-state index in [0.717, 1.165) is 19.3 Å². The highest BCUT2D eigenvalue weighted by Crippen LogP contribution is 2.43. The van der Waals surface area contributed by atoms with E-state index >= 15 is 0 Å². The maximum Gasteiger partial charge on any atom is 0.156 e. The molecule has 0 aromatic carbocycles. The van der Waals surface area contributed by atoms with Crippen LogP contribution in [0.5, 0.6) is 0 Å². The van der Waals surface area contributed by atoms with E-state index < -0.39 is 0 Å². The maximum atomic E-state index is 9.36. The number of aliphatic hydroxyl groups is 1. The molecule has 4 nitrogen and oxygen atoms in total. The van der Waals surface area contributed by atoms with Gasteiger partial charge in [0.15, 0.2) is 6.29 Å². The van der Waals surface area contributed by atoms with Gasteiger partial charge in [0.1, 0.15) is 0 Å². The van der Waals surface area contributed by atoms with Crippen molar-refractivity contribution in [3.8, 4) is 0 Å². The number of rotatable bonds is 6. The van der Waals surface area contributed by atoms with Crippen molar-refractivity contribution in [3.63, 3.8) is 0 Å². The Kier molecular flexibility index (Phi) is 5.63. The third kappa shape index (κ3) is 3.48. The molecule has 0 radical (unpaired) electrons. The quantitative estimate of drug-likeness (QED) is 0.726. The normalized spacial score (nSPS) is 35.4. The minimum atomic E-state index is -0.0750. The lowest BCUT2D eigenvalue weighted by atomic mass is 9.70. The predicted molar refractivity (Wildman–Crippen MR) is 75.0 cm³/mol. The van der Waals surface area contributed by atoms with Gasteiger partial charge in [0, 0.05) is 25.8 Å². The van der Waals surface area contributed by atoms with E-state index in [1.807, 2.05) is 0 Å². The Bertz CT molecular complexity index is 270. The molecule has 2 N–H and O–H groups in total. The fourth-order valence-electron chi connectivity index (χ4n) is 4.04. The SMILES string of the molecule is COC(CC[C@@H]1CCCC[C@@]12CC[C@@H](CO)N2)OC. The third-order valence-electron chi connectivity index (χ3n) is 5.13. The van der Waals surface area contributed by atoms with Gasteiger partial charge in [0.25, 0.3) is 0 Å². The van der Waals surface area contributed by atoms with Gasteiger partial charge >= 0.3 is 0 Å². The standard InChI is InChI=1S/C15H29NO3/c1-18-14(19-2)7-6-12-5-3-4-9-15(12)10-8-13(11-17)16-15/h12-14,16-17H,3-11H2,1-2H3/t12-,13-,15+/m0/s1. The van der Waals surface area contributed by atoms with Gasteiger partial charge in [-0.1, -0.05) is 12.8 Å². The minimum absolute atomic E-state index is 0.0750. The molecule has 19 heavy (non-hydrogen) atoms. The van der Waals surface area contributed by atoms with E-state index in [-0.39, 0.29) is 18.4 Å². The highest BCUT2D eigenvalue weighted by atomic mass is 16.7. The molecule has 1 spiro atoms. The molecule has 4 heteroatoms. The second kappa shape index (κ2) is 7.02. The van der Waals surface area contributed by atoms with Gasteiger partial charge in [0.2, 0.25) is 0 Å². The van der Waals surface area contributed by atoms with Crippen molar-refractivity contribution in [1.82, 2.24) is 5.32 Å². The summed E-state index contributed by atoms with van der Waals surface area (Å²) in [6, 6.07) is 0.307. The fraction of sp³-hybridized carbons (Fsp3) is 1.00. The highest BCUT2D eigenvalue weighted by molar-refractivity contribution is 5.03. The van der Waals surface area contributed by atoms with Crippen LogP contribution in [-0.2, 0) is 9.47 Å². The highest BCUT2D eigenvalue weighted by Gasteiger charge is 2.45. The molecule has 1 aliphatic carbocycles. The smallest absolute Gasteiger partial charge is 0.156 e. The molecule has 112 valence electrons. The topological polar surface area (TPSA) is 50.7 Å². The van der Waals surface area contributed by atoms with E-state index in [2.05, 4.69) is 5.32 Å². The number of hydrogen-bond donors (Lipinski definition) is 2. The predicted octanol–water partition coefficient (Wildman–Crippen LogP) is 2.06. The van der Waals surface area contributed by atoms with Gasteiger partial charge in [-0.25, -0.2) is 0 Å². The Labute approximate surface area is 116 Å². The number of aliphatic hydroxyl groups excluding tert-OH is 1. The summed E-state index contributed by atoms with van der Waals surface area (Å²) in [5, 5.41) is 13.1. The summed E-state index contributed by atoms with van der Waals surface area (Å²) in [6.07, 6.45) is 9.58. The van der Waals surface area contributed by atoms with Crippen LogP contribution in [0.25, 0.3) is 0 Å². The molecule has 0 amide bonds. The minimum Gasteiger partial charge on any atom is -0.395 e. The van der Waals surface area contributed by atoms with Crippen LogP contribution in [0.4, 0.5) is 0 Å². The van der Waals surface area contributed by atoms with Gasteiger partial charge in [-0.3, -0.25) is 0 Å². The molecule has 2 aliphatic rings. The second-order valence-corrected chi connectivity index (χ2v) is 6.14. The van der Waals surface area contributed by atoms with Gasteiger partial charge in [0.05, 0.1) is 6.61 Å². The first-order valence-electron chi connectivity index (χ1n) is 7.68. The first-order valence-corrected chi connectivity index (χ1v) is 7.68. The molecule has 1 saturated heterocycles. The average Bonchev–Trinajstić information content (AvgIpc) is 2.86. The Hall–Kier alpha value is -0.160. The average molecular weight is 271 g/mol. The number of ether oxygens (including phenoxy) is 2. The summed E-state index contributed by atoms with van der Waals surface area (Å²) in [7, 11) is 3.42. The van der Waals surface area contributed by atoms with Crippen molar-refractivity contribution in [2.24, 2.45) is 5.92 Å². The number of hydrogen-bond acceptors (Lipinski definition) is 4. The van der Waals surface area contributed by atoms with Crippen LogP contribution in [0, 0.1) is 5.92 Å². The van der Waals surface area contributed by atoms with Crippen LogP contribution in [-0.4, -0.2) is 43.8 Å². The third-order valence-corrected chi connectivity index (χ3v) is 5.13. The number of nitrogens with one attached hydrogen (secondary N) is 1. The van der Waals surface area contributed by atoms with Gasteiger partial charge in [-0.05, 0) is 44.4 Å². The van der Waals surface area contributed by atoms with Gasteiger partial charge in [-0.2, -0.15) is 0 Å². The molecule has 1 saturated carbocycles. The zero-order valence-electron chi connectivity index (χ0n) is 12.4. The molecule has 3 atom stereocenters. The van der Waals surface area contributed by atoms with E-state index in [0.29, 0.717) is 12.0 Å². The molecule has 0 unspecified atom stereocenters. The molecular weight excluding hydrogens is 242 g/mol. The monoisotopic (exact) mass is 271 g/mol.